The smallest absolute Gasteiger partial charge is 0.310 e. The van der Waals surface area contributed by atoms with Crippen molar-refractivity contribution in [3.63, 3.8) is 0 Å². The number of carbonyl (C=O) groups is 2. The number of nitrogens with zero attached hydrogens (tertiary/aromatic N) is 1. The number of ether oxygens (including phenoxy) is 1. The molecule has 1 saturated heterocycles. The number of benzene rings is 1. The summed E-state index contributed by atoms with van der Waals surface area (Å²) in [5, 5.41) is 0.298. The molecule has 1 aromatic rings. The van der Waals surface area contributed by atoms with Crippen LogP contribution in [0.2, 0.25) is 5.02 Å². The molecule has 1 aromatic carbocycles. The summed E-state index contributed by atoms with van der Waals surface area (Å²) in [5.74, 6) is -1.81. The molecule has 1 aliphatic heterocycles. The molecule has 2 unspecified atom stereocenters. The molecule has 4 nitrogen and oxygen atoms in total. The van der Waals surface area contributed by atoms with Crippen LogP contribution in [0.15, 0.2) is 18.2 Å². The van der Waals surface area contributed by atoms with E-state index in [4.69, 9.17) is 16.3 Å². The predicted molar refractivity (Wildman–Crippen MR) is 72.0 cm³/mol. The Hall–Kier alpha value is -1.62. The molecule has 0 radical (unpaired) electrons. The lowest BCUT2D eigenvalue weighted by Gasteiger charge is -2.16. The Morgan fingerprint density at radius 1 is 1.40 bits per heavy atom. The van der Waals surface area contributed by atoms with Gasteiger partial charge in [-0.3, -0.25) is 9.59 Å². The molecule has 1 fully saturated rings. The molecule has 1 aliphatic rings. The van der Waals surface area contributed by atoms with Crippen molar-refractivity contribution in [1.82, 2.24) is 4.90 Å². The first kappa shape index (κ1) is 14.8. The minimum absolute atomic E-state index is 0.0198. The Bertz CT molecular complexity index is 549. The van der Waals surface area contributed by atoms with Crippen molar-refractivity contribution in [3.8, 4) is 0 Å². The fraction of sp³-hybridized carbons (Fsp3) is 0.429. The van der Waals surface area contributed by atoms with Gasteiger partial charge in [0.2, 0.25) is 0 Å². The second-order valence-electron chi connectivity index (χ2n) is 4.94. The Morgan fingerprint density at radius 2 is 2.10 bits per heavy atom. The first-order valence-corrected chi connectivity index (χ1v) is 6.64. The highest BCUT2D eigenvalue weighted by Crippen LogP contribution is 2.26. The number of methoxy groups -OCH3 is 1. The normalized spacial score (nSPS) is 21.9. The molecule has 2 rings (SSSR count). The van der Waals surface area contributed by atoms with Crippen molar-refractivity contribution in [3.05, 3.63) is 34.6 Å². The average molecular weight is 300 g/mol. The van der Waals surface area contributed by atoms with Gasteiger partial charge in [0.1, 0.15) is 5.82 Å². The third-order valence-corrected chi connectivity index (χ3v) is 3.80. The zero-order valence-electron chi connectivity index (χ0n) is 11.2. The van der Waals surface area contributed by atoms with E-state index in [9.17, 15) is 14.0 Å². The van der Waals surface area contributed by atoms with Crippen molar-refractivity contribution in [1.29, 1.82) is 0 Å². The molecule has 0 bridgehead atoms. The summed E-state index contributed by atoms with van der Waals surface area (Å²) in [6, 6.07) is 3.85. The quantitative estimate of drug-likeness (QED) is 0.788. The van der Waals surface area contributed by atoms with Gasteiger partial charge in [0.05, 0.1) is 18.6 Å². The van der Waals surface area contributed by atoms with E-state index in [0.717, 1.165) is 6.07 Å². The van der Waals surface area contributed by atoms with Gasteiger partial charge in [-0.1, -0.05) is 18.5 Å². The molecular formula is C14H15ClFNO3. The third kappa shape index (κ3) is 2.77. The van der Waals surface area contributed by atoms with Crippen LogP contribution in [0, 0.1) is 17.7 Å². The first-order chi connectivity index (χ1) is 9.43. The average Bonchev–Trinajstić information content (AvgIpc) is 2.82. The maximum Gasteiger partial charge on any atom is 0.310 e. The molecule has 108 valence electrons. The van der Waals surface area contributed by atoms with Crippen LogP contribution in [0.5, 0.6) is 0 Å². The highest BCUT2D eigenvalue weighted by atomic mass is 35.5. The van der Waals surface area contributed by atoms with Gasteiger partial charge in [-0.15, -0.1) is 0 Å². The second-order valence-corrected chi connectivity index (χ2v) is 5.38. The van der Waals surface area contributed by atoms with Crippen molar-refractivity contribution >= 4 is 23.5 Å². The number of amides is 1. The summed E-state index contributed by atoms with van der Waals surface area (Å²) in [7, 11) is 1.32. The number of likely N-dealkylation sites (tertiary alicyclic amines) is 1. The Balaban J connectivity index is 2.19. The van der Waals surface area contributed by atoms with E-state index < -0.39 is 11.7 Å². The van der Waals surface area contributed by atoms with Gasteiger partial charge in [-0.2, -0.15) is 0 Å². The highest BCUT2D eigenvalue weighted by molar-refractivity contribution is 6.31. The van der Waals surface area contributed by atoms with Crippen LogP contribution in [0.25, 0.3) is 0 Å². The maximum absolute atomic E-state index is 13.7. The molecule has 20 heavy (non-hydrogen) atoms. The lowest BCUT2D eigenvalue weighted by molar-refractivity contribution is -0.146. The molecule has 0 aliphatic carbocycles. The van der Waals surface area contributed by atoms with Crippen LogP contribution >= 0.6 is 11.6 Å². The van der Waals surface area contributed by atoms with E-state index in [-0.39, 0.29) is 29.9 Å². The summed E-state index contributed by atoms with van der Waals surface area (Å²) in [5.41, 5.74) is -0.0739. The monoisotopic (exact) mass is 299 g/mol. The molecule has 0 spiro atoms. The van der Waals surface area contributed by atoms with Crippen LogP contribution in [0.1, 0.15) is 17.3 Å². The van der Waals surface area contributed by atoms with Gasteiger partial charge in [-0.05, 0) is 24.1 Å². The van der Waals surface area contributed by atoms with Gasteiger partial charge in [-0.25, -0.2) is 4.39 Å². The van der Waals surface area contributed by atoms with Crippen molar-refractivity contribution in [2.75, 3.05) is 20.2 Å². The number of carbonyl (C=O) groups excluding carboxylic acids is 2. The van der Waals surface area contributed by atoms with Crippen LogP contribution < -0.4 is 0 Å². The molecule has 6 heteroatoms. The molecule has 1 amide bonds. The van der Waals surface area contributed by atoms with Crippen LogP contribution in [0.3, 0.4) is 0 Å². The van der Waals surface area contributed by atoms with Gasteiger partial charge in [0.25, 0.3) is 5.91 Å². The Kier molecular flexibility index (Phi) is 4.28. The maximum atomic E-state index is 13.7. The topological polar surface area (TPSA) is 46.6 Å². The van der Waals surface area contributed by atoms with Gasteiger partial charge >= 0.3 is 5.97 Å². The molecular weight excluding hydrogens is 285 g/mol. The number of halogens is 2. The zero-order chi connectivity index (χ0) is 14.9. The lowest BCUT2D eigenvalue weighted by atomic mass is 9.99. The minimum atomic E-state index is -0.617. The highest BCUT2D eigenvalue weighted by Gasteiger charge is 2.38. The number of hydrogen-bond acceptors (Lipinski definition) is 3. The fourth-order valence-corrected chi connectivity index (χ4v) is 2.59. The lowest BCUT2D eigenvalue weighted by Crippen LogP contribution is -2.30. The third-order valence-electron chi connectivity index (χ3n) is 3.56. The minimum Gasteiger partial charge on any atom is -0.469 e. The number of rotatable bonds is 2. The summed E-state index contributed by atoms with van der Waals surface area (Å²) in [6.45, 7) is 2.49. The van der Waals surface area contributed by atoms with E-state index in [1.807, 2.05) is 6.92 Å². The van der Waals surface area contributed by atoms with E-state index in [1.54, 1.807) is 0 Å². The second kappa shape index (κ2) is 5.79. The van der Waals surface area contributed by atoms with Crippen LogP contribution in [-0.2, 0) is 9.53 Å². The van der Waals surface area contributed by atoms with Crippen molar-refractivity contribution in [2.45, 2.75) is 6.92 Å². The van der Waals surface area contributed by atoms with Gasteiger partial charge in [0, 0.05) is 18.1 Å². The Labute approximate surface area is 121 Å². The summed E-state index contributed by atoms with van der Waals surface area (Å²) in [6.07, 6.45) is 0. The molecule has 2 atom stereocenters. The molecule has 0 aromatic heterocycles. The van der Waals surface area contributed by atoms with Gasteiger partial charge in [0.15, 0.2) is 0 Å². The fourth-order valence-electron chi connectivity index (χ4n) is 2.42. The van der Waals surface area contributed by atoms with Crippen molar-refractivity contribution < 1.29 is 18.7 Å². The zero-order valence-corrected chi connectivity index (χ0v) is 12.0. The largest absolute Gasteiger partial charge is 0.469 e. The van der Waals surface area contributed by atoms with Crippen molar-refractivity contribution in [2.24, 2.45) is 11.8 Å². The van der Waals surface area contributed by atoms with E-state index in [1.165, 1.54) is 24.1 Å². The van der Waals surface area contributed by atoms with Crippen LogP contribution in [-0.4, -0.2) is 37.0 Å². The first-order valence-electron chi connectivity index (χ1n) is 6.26. The molecule has 0 saturated carbocycles. The predicted octanol–water partition coefficient (Wildman–Crippen LogP) is 2.36. The molecule has 1 heterocycles. The summed E-state index contributed by atoms with van der Waals surface area (Å²) in [4.78, 5) is 25.4. The standard InChI is InChI=1S/C14H15ClFNO3/c1-8-6-17(7-11(8)14(19)20-2)13(18)10-5-9(15)3-4-12(10)16/h3-5,8,11H,6-7H2,1-2H3. The van der Waals surface area contributed by atoms with Gasteiger partial charge < -0.3 is 9.64 Å². The summed E-state index contributed by atoms with van der Waals surface area (Å²) >= 11 is 5.79. The summed E-state index contributed by atoms with van der Waals surface area (Å²) < 4.78 is 18.4. The van der Waals surface area contributed by atoms with E-state index >= 15 is 0 Å². The molecule has 0 N–H and O–H groups in total. The van der Waals surface area contributed by atoms with Crippen LogP contribution in [0.4, 0.5) is 4.39 Å². The van der Waals surface area contributed by atoms with E-state index in [0.29, 0.717) is 11.6 Å². The number of hydrogen-bond donors (Lipinski definition) is 0. The Morgan fingerprint density at radius 3 is 2.75 bits per heavy atom. The van der Waals surface area contributed by atoms with E-state index in [2.05, 4.69) is 0 Å². The number of esters is 1. The SMILES string of the molecule is COC(=O)C1CN(C(=O)c2cc(Cl)ccc2F)CC1C.